The summed E-state index contributed by atoms with van der Waals surface area (Å²) in [6.45, 7) is 1.48. The fraction of sp³-hybridized carbons (Fsp3) is 0.364. The number of piperidine rings is 1. The number of aryl methyl sites for hydroxylation is 1. The van der Waals surface area contributed by atoms with Crippen molar-refractivity contribution in [2.24, 2.45) is 0 Å². The molecule has 30 heavy (non-hydrogen) atoms. The molecule has 0 spiro atoms. The Morgan fingerprint density at radius 1 is 1.17 bits per heavy atom. The van der Waals surface area contributed by atoms with Gasteiger partial charge in [-0.25, -0.2) is 14.5 Å². The molecule has 2 amide bonds. The maximum Gasteiger partial charge on any atom is 0.488 e. The van der Waals surface area contributed by atoms with Crippen molar-refractivity contribution in [2.75, 3.05) is 13.1 Å². The van der Waals surface area contributed by atoms with Gasteiger partial charge in [0.25, 0.3) is 0 Å². The maximum absolute atomic E-state index is 13.6. The number of aromatic carboxylic acids is 1. The van der Waals surface area contributed by atoms with Crippen molar-refractivity contribution in [3.05, 3.63) is 70.8 Å². The molecule has 1 unspecified atom stereocenters. The Kier molecular flexibility index (Phi) is 6.34. The Balaban J connectivity index is 1.80. The van der Waals surface area contributed by atoms with E-state index in [4.69, 9.17) is 0 Å². The zero-order valence-corrected chi connectivity index (χ0v) is 16.5. The maximum atomic E-state index is 13.6. The number of carboxylic acid groups (broad SMARTS) is 1. The average Bonchev–Trinajstić information content (AvgIpc) is 2.71. The molecule has 2 aromatic rings. The van der Waals surface area contributed by atoms with Crippen LogP contribution in [0.2, 0.25) is 0 Å². The number of hydrogen-bond donors (Lipinski definition) is 1. The summed E-state index contributed by atoms with van der Waals surface area (Å²) in [5.41, 5.74) is 1.89. The van der Waals surface area contributed by atoms with Gasteiger partial charge in [-0.05, 0) is 42.5 Å². The van der Waals surface area contributed by atoms with E-state index in [1.807, 2.05) is 0 Å². The second kappa shape index (κ2) is 8.77. The Labute approximate surface area is 172 Å². The average molecular weight is 420 g/mol. The second-order valence-electron chi connectivity index (χ2n) is 7.49. The van der Waals surface area contributed by atoms with Crippen molar-refractivity contribution in [2.45, 2.75) is 38.5 Å². The standard InChI is InChI=1S/C22H23F3N2O3/c1-15-9-10-17(12-19(15)20(28)29)18-8-5-11-26(14-18)21(30)27(22(23,24)25)13-16-6-3-2-4-7-16/h2-4,6-7,9-10,12,18H,5,8,11,13-14H2,1H3,(H,28,29). The van der Waals surface area contributed by atoms with Crippen LogP contribution in [0.5, 0.6) is 0 Å². The lowest BCUT2D eigenvalue weighted by atomic mass is 9.89. The summed E-state index contributed by atoms with van der Waals surface area (Å²) in [5.74, 6) is -1.27. The van der Waals surface area contributed by atoms with Crippen molar-refractivity contribution in [3.63, 3.8) is 0 Å². The van der Waals surface area contributed by atoms with E-state index in [0.29, 0.717) is 24.0 Å². The first kappa shape index (κ1) is 21.7. The summed E-state index contributed by atoms with van der Waals surface area (Å²) in [6, 6.07) is 12.0. The molecular formula is C22H23F3N2O3. The van der Waals surface area contributed by atoms with Crippen LogP contribution in [0.3, 0.4) is 0 Å². The number of carbonyl (C=O) groups excluding carboxylic acids is 1. The van der Waals surface area contributed by atoms with E-state index in [1.54, 1.807) is 55.5 Å². The molecule has 0 aromatic heterocycles. The number of alkyl halides is 3. The monoisotopic (exact) mass is 420 g/mol. The summed E-state index contributed by atoms with van der Waals surface area (Å²) >= 11 is 0. The first-order valence-corrected chi connectivity index (χ1v) is 9.68. The van der Waals surface area contributed by atoms with E-state index in [9.17, 15) is 27.9 Å². The number of urea groups is 1. The molecule has 0 radical (unpaired) electrons. The Hall–Kier alpha value is -3.03. The smallest absolute Gasteiger partial charge is 0.478 e. The van der Waals surface area contributed by atoms with Crippen molar-refractivity contribution in [3.8, 4) is 0 Å². The van der Waals surface area contributed by atoms with Gasteiger partial charge in [-0.1, -0.05) is 42.5 Å². The number of benzene rings is 2. The molecule has 160 valence electrons. The van der Waals surface area contributed by atoms with Gasteiger partial charge in [0.2, 0.25) is 0 Å². The molecule has 3 rings (SSSR count). The zero-order valence-electron chi connectivity index (χ0n) is 16.5. The van der Waals surface area contributed by atoms with E-state index in [1.165, 1.54) is 4.90 Å². The normalized spacial score (nSPS) is 16.9. The lowest BCUT2D eigenvalue weighted by Crippen LogP contribution is -2.51. The number of amides is 2. The van der Waals surface area contributed by atoms with Crippen LogP contribution in [0.25, 0.3) is 0 Å². The van der Waals surface area contributed by atoms with Gasteiger partial charge >= 0.3 is 18.3 Å². The van der Waals surface area contributed by atoms with E-state index < -0.39 is 24.8 Å². The number of nitrogens with zero attached hydrogens (tertiary/aromatic N) is 2. The fourth-order valence-corrected chi connectivity index (χ4v) is 3.75. The zero-order chi connectivity index (χ0) is 21.9. The molecule has 0 aliphatic carbocycles. The van der Waals surface area contributed by atoms with Crippen molar-refractivity contribution in [1.82, 2.24) is 9.80 Å². The van der Waals surface area contributed by atoms with Crippen LogP contribution in [-0.2, 0) is 6.54 Å². The van der Waals surface area contributed by atoms with Gasteiger partial charge in [0, 0.05) is 19.0 Å². The molecule has 1 saturated heterocycles. The molecule has 1 heterocycles. The number of rotatable bonds is 4. The molecule has 1 aliphatic heterocycles. The van der Waals surface area contributed by atoms with Crippen LogP contribution in [-0.4, -0.2) is 46.3 Å². The SMILES string of the molecule is Cc1ccc(C2CCCN(C(=O)N(Cc3ccccc3)C(F)(F)F)C2)cc1C(=O)O. The number of likely N-dealkylation sites (tertiary alicyclic amines) is 1. The molecular weight excluding hydrogens is 397 g/mol. The highest BCUT2D eigenvalue weighted by atomic mass is 19.4. The van der Waals surface area contributed by atoms with Gasteiger partial charge < -0.3 is 10.0 Å². The van der Waals surface area contributed by atoms with E-state index >= 15 is 0 Å². The number of hydrogen-bond acceptors (Lipinski definition) is 2. The predicted octanol–water partition coefficient (Wildman–Crippen LogP) is 5.01. The quantitative estimate of drug-likeness (QED) is 0.707. The van der Waals surface area contributed by atoms with Crippen molar-refractivity contribution in [1.29, 1.82) is 0 Å². The van der Waals surface area contributed by atoms with Crippen LogP contribution < -0.4 is 0 Å². The van der Waals surface area contributed by atoms with Gasteiger partial charge in [-0.2, -0.15) is 0 Å². The first-order chi connectivity index (χ1) is 14.2. The molecule has 1 atom stereocenters. The van der Waals surface area contributed by atoms with Gasteiger partial charge in [-0.15, -0.1) is 13.2 Å². The lowest BCUT2D eigenvalue weighted by Gasteiger charge is -2.37. The molecule has 1 fully saturated rings. The Bertz CT molecular complexity index is 916. The Morgan fingerprint density at radius 2 is 1.87 bits per heavy atom. The third-order valence-electron chi connectivity index (χ3n) is 5.38. The van der Waals surface area contributed by atoms with E-state index in [2.05, 4.69) is 0 Å². The number of carbonyl (C=O) groups is 2. The Morgan fingerprint density at radius 3 is 2.50 bits per heavy atom. The fourth-order valence-electron chi connectivity index (χ4n) is 3.75. The summed E-state index contributed by atoms with van der Waals surface area (Å²) < 4.78 is 40.9. The van der Waals surface area contributed by atoms with Gasteiger partial charge in [-0.3, -0.25) is 0 Å². The van der Waals surface area contributed by atoms with Crippen LogP contribution in [0.4, 0.5) is 18.0 Å². The van der Waals surface area contributed by atoms with Crippen LogP contribution in [0.15, 0.2) is 48.5 Å². The molecule has 2 aromatic carbocycles. The van der Waals surface area contributed by atoms with Gasteiger partial charge in [0.15, 0.2) is 0 Å². The van der Waals surface area contributed by atoms with Gasteiger partial charge in [0.1, 0.15) is 0 Å². The lowest BCUT2D eigenvalue weighted by molar-refractivity contribution is -0.230. The minimum Gasteiger partial charge on any atom is -0.478 e. The van der Waals surface area contributed by atoms with Crippen LogP contribution >= 0.6 is 0 Å². The van der Waals surface area contributed by atoms with Gasteiger partial charge in [0.05, 0.1) is 12.1 Å². The minimum atomic E-state index is -4.81. The molecule has 5 nitrogen and oxygen atoms in total. The summed E-state index contributed by atoms with van der Waals surface area (Å²) in [6.07, 6.45) is -3.58. The minimum absolute atomic E-state index is 0.0669. The van der Waals surface area contributed by atoms with E-state index in [-0.39, 0.29) is 29.5 Å². The first-order valence-electron chi connectivity index (χ1n) is 9.68. The third kappa shape index (κ3) is 4.93. The largest absolute Gasteiger partial charge is 0.488 e. The molecule has 0 saturated carbocycles. The summed E-state index contributed by atoms with van der Waals surface area (Å²) in [5, 5.41) is 9.33. The summed E-state index contributed by atoms with van der Waals surface area (Å²) in [7, 11) is 0. The highest BCUT2D eigenvalue weighted by molar-refractivity contribution is 5.89. The molecule has 8 heteroatoms. The predicted molar refractivity (Wildman–Crippen MR) is 105 cm³/mol. The van der Waals surface area contributed by atoms with Crippen LogP contribution in [0.1, 0.15) is 45.8 Å². The highest BCUT2D eigenvalue weighted by Crippen LogP contribution is 2.31. The van der Waals surface area contributed by atoms with Crippen molar-refractivity contribution >= 4 is 12.0 Å². The molecule has 1 aliphatic rings. The molecule has 1 N–H and O–H groups in total. The third-order valence-corrected chi connectivity index (χ3v) is 5.38. The number of carboxylic acids is 1. The van der Waals surface area contributed by atoms with Crippen molar-refractivity contribution < 1.29 is 27.9 Å². The second-order valence-corrected chi connectivity index (χ2v) is 7.49. The number of halogens is 3. The topological polar surface area (TPSA) is 60.9 Å². The summed E-state index contributed by atoms with van der Waals surface area (Å²) in [4.78, 5) is 25.3. The highest BCUT2D eigenvalue weighted by Gasteiger charge is 2.43. The molecule has 0 bridgehead atoms. The van der Waals surface area contributed by atoms with E-state index in [0.717, 1.165) is 5.56 Å². The van der Waals surface area contributed by atoms with Crippen LogP contribution in [0, 0.1) is 6.92 Å².